The first kappa shape index (κ1) is 19.0. The molecule has 0 spiro atoms. The van der Waals surface area contributed by atoms with Gasteiger partial charge in [0.1, 0.15) is 0 Å². The third-order valence-electron chi connectivity index (χ3n) is 4.08. The van der Waals surface area contributed by atoms with E-state index in [0.717, 1.165) is 25.1 Å². The van der Waals surface area contributed by atoms with Gasteiger partial charge in [-0.15, -0.1) is 12.4 Å². The highest BCUT2D eigenvalue weighted by Gasteiger charge is 2.17. The molecule has 0 saturated carbocycles. The van der Waals surface area contributed by atoms with Crippen LogP contribution in [0.4, 0.5) is 5.69 Å². The number of amides is 2. The molecule has 3 N–H and O–H groups in total. The van der Waals surface area contributed by atoms with Gasteiger partial charge in [-0.1, -0.05) is 12.1 Å². The third kappa shape index (κ3) is 5.62. The molecule has 1 aliphatic rings. The predicted octanol–water partition coefficient (Wildman–Crippen LogP) is 2.57. The molecule has 7 heteroatoms. The van der Waals surface area contributed by atoms with Gasteiger partial charge in [-0.3, -0.25) is 9.59 Å². The molecule has 0 aliphatic carbocycles. The second-order valence-corrected chi connectivity index (χ2v) is 5.97. The third-order valence-corrected chi connectivity index (χ3v) is 4.08. The molecule has 6 nitrogen and oxygen atoms in total. The van der Waals surface area contributed by atoms with Gasteiger partial charge in [-0.25, -0.2) is 0 Å². The Hall–Kier alpha value is -2.31. The molecule has 1 aromatic carbocycles. The van der Waals surface area contributed by atoms with Gasteiger partial charge in [0.2, 0.25) is 5.91 Å². The van der Waals surface area contributed by atoms with Crippen LogP contribution in [-0.4, -0.2) is 24.9 Å². The number of furan rings is 1. The summed E-state index contributed by atoms with van der Waals surface area (Å²) in [5.41, 5.74) is 1.67. The lowest BCUT2D eigenvalue weighted by atomic mass is 10.0. The number of hydrogen-bond donors (Lipinski definition) is 3. The first-order valence-electron chi connectivity index (χ1n) is 8.12. The zero-order valence-corrected chi connectivity index (χ0v) is 14.6. The number of nitrogens with one attached hydrogen (secondary N) is 3. The van der Waals surface area contributed by atoms with Crippen molar-refractivity contribution in [1.29, 1.82) is 0 Å². The first-order valence-corrected chi connectivity index (χ1v) is 8.12. The Bertz CT molecular complexity index is 680. The SMILES string of the molecule is Cl.O=C(CC1CCNC1)NCc1ccc(NC(=O)c2ccco2)cc1. The van der Waals surface area contributed by atoms with Gasteiger partial charge in [0.05, 0.1) is 6.26 Å². The number of anilines is 1. The molecule has 1 fully saturated rings. The minimum Gasteiger partial charge on any atom is -0.459 e. The molecule has 2 amide bonds. The average molecular weight is 364 g/mol. The normalized spacial score (nSPS) is 16.1. The zero-order chi connectivity index (χ0) is 16.8. The second kappa shape index (κ2) is 9.25. The minimum atomic E-state index is -0.286. The number of hydrogen-bond acceptors (Lipinski definition) is 4. The van der Waals surface area contributed by atoms with Crippen molar-refractivity contribution < 1.29 is 14.0 Å². The zero-order valence-electron chi connectivity index (χ0n) is 13.8. The molecule has 134 valence electrons. The molecule has 2 heterocycles. The number of carbonyl (C=O) groups excluding carboxylic acids is 2. The molecular formula is C18H22ClN3O3. The molecule has 0 bridgehead atoms. The smallest absolute Gasteiger partial charge is 0.291 e. The van der Waals surface area contributed by atoms with Crippen molar-refractivity contribution >= 4 is 29.9 Å². The topological polar surface area (TPSA) is 83.4 Å². The van der Waals surface area contributed by atoms with Gasteiger partial charge < -0.3 is 20.4 Å². The van der Waals surface area contributed by atoms with Crippen molar-refractivity contribution in [3.8, 4) is 0 Å². The van der Waals surface area contributed by atoms with E-state index in [1.807, 2.05) is 24.3 Å². The van der Waals surface area contributed by atoms with Gasteiger partial charge in [0.25, 0.3) is 5.91 Å². The van der Waals surface area contributed by atoms with Crippen molar-refractivity contribution in [1.82, 2.24) is 10.6 Å². The fourth-order valence-electron chi connectivity index (χ4n) is 2.73. The maximum atomic E-state index is 11.9. The Morgan fingerprint density at radius 2 is 2.00 bits per heavy atom. The van der Waals surface area contributed by atoms with Gasteiger partial charge in [-0.2, -0.15) is 0 Å². The van der Waals surface area contributed by atoms with Gasteiger partial charge in [-0.05, 0) is 55.3 Å². The molecule has 2 aromatic rings. The Labute approximate surface area is 152 Å². The van der Waals surface area contributed by atoms with Crippen molar-refractivity contribution in [3.05, 3.63) is 54.0 Å². The summed E-state index contributed by atoms with van der Waals surface area (Å²) in [7, 11) is 0. The lowest BCUT2D eigenvalue weighted by molar-refractivity contribution is -0.122. The largest absolute Gasteiger partial charge is 0.459 e. The molecule has 1 unspecified atom stereocenters. The molecule has 1 aromatic heterocycles. The van der Waals surface area contributed by atoms with E-state index in [-0.39, 0.29) is 30.0 Å². The molecule has 1 atom stereocenters. The van der Waals surface area contributed by atoms with Crippen molar-refractivity contribution in [2.24, 2.45) is 5.92 Å². The maximum Gasteiger partial charge on any atom is 0.291 e. The number of rotatable bonds is 6. The first-order chi connectivity index (χ1) is 11.7. The van der Waals surface area contributed by atoms with Crippen molar-refractivity contribution in [3.63, 3.8) is 0 Å². The monoisotopic (exact) mass is 363 g/mol. The van der Waals surface area contributed by atoms with Crippen LogP contribution >= 0.6 is 12.4 Å². The fraction of sp³-hybridized carbons (Fsp3) is 0.333. The van der Waals surface area contributed by atoms with E-state index in [4.69, 9.17) is 4.42 Å². The van der Waals surface area contributed by atoms with Gasteiger partial charge in [0.15, 0.2) is 5.76 Å². The second-order valence-electron chi connectivity index (χ2n) is 5.97. The fourth-order valence-corrected chi connectivity index (χ4v) is 2.73. The molecule has 0 radical (unpaired) electrons. The summed E-state index contributed by atoms with van der Waals surface area (Å²) in [6, 6.07) is 10.7. The highest BCUT2D eigenvalue weighted by atomic mass is 35.5. The molecule has 1 aliphatic heterocycles. The summed E-state index contributed by atoms with van der Waals surface area (Å²) in [5.74, 6) is 0.516. The number of benzene rings is 1. The molecule has 3 rings (SSSR count). The molecular weight excluding hydrogens is 342 g/mol. The predicted molar refractivity (Wildman–Crippen MR) is 97.8 cm³/mol. The van der Waals surface area contributed by atoms with Crippen LogP contribution in [-0.2, 0) is 11.3 Å². The van der Waals surface area contributed by atoms with E-state index < -0.39 is 0 Å². The molecule has 1 saturated heterocycles. The van der Waals surface area contributed by atoms with E-state index in [0.29, 0.717) is 24.6 Å². The van der Waals surface area contributed by atoms with Crippen molar-refractivity contribution in [2.75, 3.05) is 18.4 Å². The van der Waals surface area contributed by atoms with Gasteiger partial charge in [0, 0.05) is 18.7 Å². The highest BCUT2D eigenvalue weighted by Crippen LogP contribution is 2.13. The van der Waals surface area contributed by atoms with Crippen molar-refractivity contribution in [2.45, 2.75) is 19.4 Å². The van der Waals surface area contributed by atoms with Gasteiger partial charge >= 0.3 is 0 Å². The quantitative estimate of drug-likeness (QED) is 0.736. The van der Waals surface area contributed by atoms with Crippen LogP contribution in [0.25, 0.3) is 0 Å². The summed E-state index contributed by atoms with van der Waals surface area (Å²) in [5, 5.41) is 8.96. The van der Waals surface area contributed by atoms with E-state index in [9.17, 15) is 9.59 Å². The van der Waals surface area contributed by atoms with Crippen LogP contribution in [0.2, 0.25) is 0 Å². The van der Waals surface area contributed by atoms with Crippen LogP contribution in [0.5, 0.6) is 0 Å². The Morgan fingerprint density at radius 1 is 1.20 bits per heavy atom. The summed E-state index contributed by atoms with van der Waals surface area (Å²) < 4.78 is 5.05. The Balaban J connectivity index is 0.00000225. The Morgan fingerprint density at radius 3 is 2.64 bits per heavy atom. The lowest BCUT2D eigenvalue weighted by Crippen LogP contribution is -2.25. The highest BCUT2D eigenvalue weighted by molar-refractivity contribution is 6.02. The summed E-state index contributed by atoms with van der Waals surface area (Å²) in [4.78, 5) is 23.8. The van der Waals surface area contributed by atoms with Crippen LogP contribution in [0.1, 0.15) is 29.0 Å². The summed E-state index contributed by atoms with van der Waals surface area (Å²) in [6.07, 6.45) is 3.10. The van der Waals surface area contributed by atoms with E-state index in [2.05, 4.69) is 16.0 Å². The van der Waals surface area contributed by atoms with Crippen LogP contribution in [0, 0.1) is 5.92 Å². The Kier molecular flexibility index (Phi) is 7.03. The van der Waals surface area contributed by atoms with Crippen LogP contribution in [0.3, 0.4) is 0 Å². The summed E-state index contributed by atoms with van der Waals surface area (Å²) in [6.45, 7) is 2.42. The average Bonchev–Trinajstić information content (AvgIpc) is 3.28. The maximum absolute atomic E-state index is 11.9. The summed E-state index contributed by atoms with van der Waals surface area (Å²) >= 11 is 0. The lowest BCUT2D eigenvalue weighted by Gasteiger charge is -2.10. The van der Waals surface area contributed by atoms with E-state index >= 15 is 0 Å². The molecule has 25 heavy (non-hydrogen) atoms. The van der Waals surface area contributed by atoms with E-state index in [1.165, 1.54) is 6.26 Å². The van der Waals surface area contributed by atoms with E-state index in [1.54, 1.807) is 12.1 Å². The standard InChI is InChI=1S/C18H21N3O3.ClH/c22-17(10-14-7-8-19-11-14)20-12-13-3-5-15(6-4-13)21-18(23)16-2-1-9-24-16;/h1-6,9,14,19H,7-8,10-12H2,(H,20,22)(H,21,23);1H. The number of carbonyl (C=O) groups is 2. The number of halogens is 1. The minimum absolute atomic E-state index is 0. The van der Waals surface area contributed by atoms with Crippen LogP contribution in [0.15, 0.2) is 47.1 Å². The van der Waals surface area contributed by atoms with Crippen LogP contribution < -0.4 is 16.0 Å².